The molecule has 0 aliphatic heterocycles. The number of carbonyl (C=O) groups is 1. The Labute approximate surface area is 206 Å². The molecule has 1 N–H and O–H groups in total. The fourth-order valence-corrected chi connectivity index (χ4v) is 11.5. The van der Waals surface area contributed by atoms with Gasteiger partial charge in [-0.2, -0.15) is 0 Å². The Kier molecular flexibility index (Phi) is 4.00. The Bertz CT molecular complexity index is 1080. The Morgan fingerprint density at radius 1 is 1.03 bits per heavy atom. The minimum Gasteiger partial charge on any atom is -0.413 e. The third-order valence-corrected chi connectivity index (χ3v) is 17.5. The summed E-state index contributed by atoms with van der Waals surface area (Å²) in [7, 11) is -1.96. The molecule has 0 saturated heterocycles. The normalized spacial score (nSPS) is 54.6. The standard InChI is InChI=1S/C30H44O3Si/c1-27(2,3)34(7,8)33-22-9-10-28(4)17-11-15(17)16-12-20-24(25(22)26(16)28)21(31)14-23-29(20,5)18-13-19(18)30(23,6)32/h14-15,17-20,22,24-25,32H,9-13H2,1-8H3/t15-,17-,18-,19+,20-,22-,24+,25-,28+,29-,30-/m1/s1. The van der Waals surface area contributed by atoms with E-state index in [1.165, 1.54) is 12.8 Å². The zero-order chi connectivity index (χ0) is 24.4. The maximum Gasteiger partial charge on any atom is 0.192 e. The van der Waals surface area contributed by atoms with Crippen LogP contribution in [-0.2, 0) is 9.22 Å². The second-order valence-electron chi connectivity index (χ2n) is 15.5. The molecule has 4 saturated carbocycles. The predicted molar refractivity (Wildman–Crippen MR) is 137 cm³/mol. The molecule has 11 atom stereocenters. The van der Waals surface area contributed by atoms with Crippen molar-refractivity contribution in [3.05, 3.63) is 22.8 Å². The van der Waals surface area contributed by atoms with Crippen molar-refractivity contribution in [2.24, 2.45) is 52.3 Å². The van der Waals surface area contributed by atoms with Gasteiger partial charge < -0.3 is 9.53 Å². The number of hydrogen-bond donors (Lipinski definition) is 1. The third kappa shape index (κ3) is 2.40. The van der Waals surface area contributed by atoms with Crippen LogP contribution >= 0.6 is 0 Å². The molecule has 3 nitrogen and oxygen atoms in total. The van der Waals surface area contributed by atoms with Gasteiger partial charge >= 0.3 is 0 Å². The van der Waals surface area contributed by atoms with Crippen LogP contribution in [0.3, 0.4) is 0 Å². The first-order valence-electron chi connectivity index (χ1n) is 14.0. The van der Waals surface area contributed by atoms with Gasteiger partial charge in [0.25, 0.3) is 0 Å². The summed E-state index contributed by atoms with van der Waals surface area (Å²) in [5, 5.41) is 11.6. The zero-order valence-electron chi connectivity index (χ0n) is 22.5. The monoisotopic (exact) mass is 480 g/mol. The minimum atomic E-state index is -1.96. The molecule has 0 bridgehead atoms. The summed E-state index contributed by atoms with van der Waals surface area (Å²) >= 11 is 0. The quantitative estimate of drug-likeness (QED) is 0.373. The second-order valence-corrected chi connectivity index (χ2v) is 20.2. The van der Waals surface area contributed by atoms with Gasteiger partial charge in [0, 0.05) is 11.8 Å². The smallest absolute Gasteiger partial charge is 0.192 e. The van der Waals surface area contributed by atoms with Gasteiger partial charge in [0.15, 0.2) is 14.1 Å². The van der Waals surface area contributed by atoms with Gasteiger partial charge in [0.2, 0.25) is 0 Å². The molecule has 0 heterocycles. The summed E-state index contributed by atoms with van der Waals surface area (Å²) in [4.78, 5) is 14.1. The van der Waals surface area contributed by atoms with Crippen molar-refractivity contribution in [1.82, 2.24) is 0 Å². The van der Waals surface area contributed by atoms with Crippen LogP contribution in [-0.4, -0.2) is 30.9 Å². The molecule has 7 rings (SSSR count). The Hall–Kier alpha value is -0.713. The number of ketones is 1. The molecular weight excluding hydrogens is 436 g/mol. The van der Waals surface area contributed by atoms with E-state index in [0.717, 1.165) is 36.7 Å². The van der Waals surface area contributed by atoms with E-state index in [2.05, 4.69) is 47.7 Å². The maximum atomic E-state index is 14.1. The van der Waals surface area contributed by atoms with Gasteiger partial charge in [-0.3, -0.25) is 4.79 Å². The number of rotatable bonds is 2. The molecule has 0 unspecified atom stereocenters. The Balaban J connectivity index is 1.37. The number of allylic oxidation sites excluding steroid dienone is 2. The highest BCUT2D eigenvalue weighted by Crippen LogP contribution is 2.79. The van der Waals surface area contributed by atoms with E-state index in [1.54, 1.807) is 11.1 Å². The maximum absolute atomic E-state index is 14.1. The van der Waals surface area contributed by atoms with E-state index < -0.39 is 13.9 Å². The van der Waals surface area contributed by atoms with E-state index in [9.17, 15) is 9.90 Å². The van der Waals surface area contributed by atoms with Crippen molar-refractivity contribution in [2.45, 2.75) is 103 Å². The highest BCUT2D eigenvalue weighted by atomic mass is 28.4. The summed E-state index contributed by atoms with van der Waals surface area (Å²) in [5.74, 6) is 3.38. The van der Waals surface area contributed by atoms with Crippen molar-refractivity contribution in [1.29, 1.82) is 0 Å². The summed E-state index contributed by atoms with van der Waals surface area (Å²) in [6, 6.07) is 0. The van der Waals surface area contributed by atoms with Crippen molar-refractivity contribution in [2.75, 3.05) is 0 Å². The van der Waals surface area contributed by atoms with Gasteiger partial charge in [-0.15, -0.1) is 0 Å². The molecule has 4 heteroatoms. The Morgan fingerprint density at radius 2 is 1.74 bits per heavy atom. The molecular formula is C30H44O3Si. The van der Waals surface area contributed by atoms with Crippen LogP contribution in [0.2, 0.25) is 18.1 Å². The van der Waals surface area contributed by atoms with Crippen LogP contribution in [0.4, 0.5) is 0 Å². The number of fused-ring (bicyclic) bond motifs is 9. The van der Waals surface area contributed by atoms with Crippen molar-refractivity contribution >= 4 is 14.1 Å². The molecule has 0 amide bonds. The van der Waals surface area contributed by atoms with Crippen LogP contribution in [0.15, 0.2) is 22.8 Å². The molecule has 0 radical (unpaired) electrons. The fourth-order valence-electron chi connectivity index (χ4n) is 10.1. The zero-order valence-corrected chi connectivity index (χ0v) is 23.5. The fraction of sp³-hybridized carbons (Fsp3) is 0.833. The topological polar surface area (TPSA) is 46.5 Å². The van der Waals surface area contributed by atoms with Crippen LogP contribution < -0.4 is 0 Å². The molecule has 34 heavy (non-hydrogen) atoms. The highest BCUT2D eigenvalue weighted by Gasteiger charge is 2.75. The lowest BCUT2D eigenvalue weighted by atomic mass is 9.48. The van der Waals surface area contributed by atoms with Crippen LogP contribution in [0, 0.1) is 52.3 Å². The van der Waals surface area contributed by atoms with Crippen LogP contribution in [0.5, 0.6) is 0 Å². The average molecular weight is 481 g/mol. The first-order chi connectivity index (χ1) is 15.6. The first-order valence-corrected chi connectivity index (χ1v) is 16.9. The van der Waals surface area contributed by atoms with Gasteiger partial charge in [0.05, 0.1) is 11.7 Å². The lowest BCUT2D eigenvalue weighted by molar-refractivity contribution is -0.129. The van der Waals surface area contributed by atoms with Gasteiger partial charge in [0.1, 0.15) is 0 Å². The molecule has 0 aromatic carbocycles. The Morgan fingerprint density at radius 3 is 2.41 bits per heavy atom. The molecule has 7 aliphatic rings. The molecule has 0 aromatic heterocycles. The average Bonchev–Trinajstić information content (AvgIpc) is 3.62. The molecule has 7 aliphatic carbocycles. The van der Waals surface area contributed by atoms with E-state index >= 15 is 0 Å². The molecule has 4 fully saturated rings. The summed E-state index contributed by atoms with van der Waals surface area (Å²) in [6.07, 6.45) is 8.02. The van der Waals surface area contributed by atoms with Gasteiger partial charge in [-0.05, 0) is 109 Å². The number of hydrogen-bond acceptors (Lipinski definition) is 3. The van der Waals surface area contributed by atoms with Crippen LogP contribution in [0.25, 0.3) is 0 Å². The first kappa shape index (κ1) is 22.5. The van der Waals surface area contributed by atoms with Gasteiger partial charge in [-0.1, -0.05) is 45.8 Å². The minimum absolute atomic E-state index is 0.0341. The van der Waals surface area contributed by atoms with E-state index in [-0.39, 0.29) is 33.8 Å². The lowest BCUT2D eigenvalue weighted by Gasteiger charge is -2.57. The summed E-state index contributed by atoms with van der Waals surface area (Å²) in [5.41, 5.74) is 3.94. The van der Waals surface area contributed by atoms with Gasteiger partial charge in [-0.25, -0.2) is 0 Å². The van der Waals surface area contributed by atoms with Crippen molar-refractivity contribution in [3.63, 3.8) is 0 Å². The number of aliphatic hydroxyl groups is 1. The summed E-state index contributed by atoms with van der Waals surface area (Å²) in [6.45, 7) is 18.7. The lowest BCUT2D eigenvalue weighted by Crippen LogP contribution is -2.57. The largest absolute Gasteiger partial charge is 0.413 e. The molecule has 0 spiro atoms. The number of carbonyl (C=O) groups excluding carboxylic acids is 1. The van der Waals surface area contributed by atoms with Crippen molar-refractivity contribution in [3.8, 4) is 0 Å². The SMILES string of the molecule is CC(C)(C)[Si](C)(C)O[C@@H]1CC[C@]2(C)C3=C(C[C@@H]4[C@@H](C(=O)C=C5[C@]4(C)[C@@H]4C[C@@H]4[C@@]5(C)O)[C@H]31)[C@H]1C[C@H]12. The predicted octanol–water partition coefficient (Wildman–Crippen LogP) is 6.29. The van der Waals surface area contributed by atoms with Crippen LogP contribution in [0.1, 0.15) is 73.6 Å². The second kappa shape index (κ2) is 6.05. The molecule has 186 valence electrons. The van der Waals surface area contributed by atoms with E-state index in [0.29, 0.717) is 23.5 Å². The van der Waals surface area contributed by atoms with Crippen molar-refractivity contribution < 1.29 is 14.3 Å². The molecule has 0 aromatic rings. The van der Waals surface area contributed by atoms with E-state index in [1.807, 2.05) is 13.0 Å². The third-order valence-electron chi connectivity index (χ3n) is 13.0. The van der Waals surface area contributed by atoms with E-state index in [4.69, 9.17) is 4.43 Å². The summed E-state index contributed by atoms with van der Waals surface area (Å²) < 4.78 is 7.23. The highest BCUT2D eigenvalue weighted by molar-refractivity contribution is 6.74.